The highest BCUT2D eigenvalue weighted by Gasteiger charge is 2.14. The summed E-state index contributed by atoms with van der Waals surface area (Å²) < 4.78 is 13.1. The number of carboxylic acid groups (broad SMARTS) is 1. The monoisotopic (exact) mass is 282 g/mol. The molecule has 0 radical (unpaired) electrons. The van der Waals surface area contributed by atoms with Gasteiger partial charge in [0.05, 0.1) is 5.56 Å². The third-order valence-corrected chi connectivity index (χ3v) is 3.22. The van der Waals surface area contributed by atoms with Gasteiger partial charge in [-0.05, 0) is 45.9 Å². The Bertz CT molecular complexity index is 453. The van der Waals surface area contributed by atoms with E-state index < -0.39 is 11.8 Å². The molecule has 4 nitrogen and oxygen atoms in total. The van der Waals surface area contributed by atoms with Crippen molar-refractivity contribution in [3.63, 3.8) is 0 Å². The van der Waals surface area contributed by atoms with Crippen molar-refractivity contribution in [3.05, 3.63) is 29.6 Å². The van der Waals surface area contributed by atoms with Crippen LogP contribution in [-0.2, 0) is 0 Å². The van der Waals surface area contributed by atoms with E-state index in [0.29, 0.717) is 24.3 Å². The van der Waals surface area contributed by atoms with Gasteiger partial charge in [-0.1, -0.05) is 0 Å². The molecule has 1 aromatic rings. The van der Waals surface area contributed by atoms with Crippen LogP contribution in [0.25, 0.3) is 0 Å². The number of hydrogen-bond donors (Lipinski definition) is 2. The molecule has 0 aromatic heterocycles. The lowest BCUT2D eigenvalue weighted by atomic mass is 10.1. The zero-order valence-electron chi connectivity index (χ0n) is 12.5. The van der Waals surface area contributed by atoms with Crippen molar-refractivity contribution in [2.45, 2.75) is 39.8 Å². The number of aromatic carboxylic acids is 1. The van der Waals surface area contributed by atoms with Crippen LogP contribution < -0.4 is 5.32 Å². The number of carboxylic acids is 1. The summed E-state index contributed by atoms with van der Waals surface area (Å²) in [4.78, 5) is 13.4. The Morgan fingerprint density at radius 2 is 1.90 bits per heavy atom. The molecular formula is C15H23FN2O2. The second-order valence-corrected chi connectivity index (χ2v) is 5.35. The van der Waals surface area contributed by atoms with E-state index in [1.54, 1.807) is 0 Å². The molecule has 20 heavy (non-hydrogen) atoms. The summed E-state index contributed by atoms with van der Waals surface area (Å²) in [6.07, 6.45) is 0. The van der Waals surface area contributed by atoms with Gasteiger partial charge < -0.3 is 10.4 Å². The first-order chi connectivity index (χ1) is 9.32. The number of benzene rings is 1. The zero-order valence-corrected chi connectivity index (χ0v) is 12.5. The number of halogens is 1. The van der Waals surface area contributed by atoms with Gasteiger partial charge in [0.1, 0.15) is 5.82 Å². The predicted octanol–water partition coefficient (Wildman–Crippen LogP) is 3.05. The number of anilines is 1. The van der Waals surface area contributed by atoms with Crippen LogP contribution in [0.2, 0.25) is 0 Å². The van der Waals surface area contributed by atoms with Crippen molar-refractivity contribution >= 4 is 11.7 Å². The highest BCUT2D eigenvalue weighted by atomic mass is 19.1. The maximum absolute atomic E-state index is 13.1. The van der Waals surface area contributed by atoms with Crippen LogP contribution in [-0.4, -0.2) is 41.1 Å². The van der Waals surface area contributed by atoms with Crippen molar-refractivity contribution in [2.75, 3.05) is 18.4 Å². The molecule has 0 saturated heterocycles. The summed E-state index contributed by atoms with van der Waals surface area (Å²) in [6, 6.07) is 4.60. The minimum atomic E-state index is -1.13. The van der Waals surface area contributed by atoms with E-state index in [1.165, 1.54) is 12.1 Å². The Hall–Kier alpha value is -1.62. The minimum absolute atomic E-state index is 0.0364. The van der Waals surface area contributed by atoms with Crippen LogP contribution in [0.3, 0.4) is 0 Å². The summed E-state index contributed by atoms with van der Waals surface area (Å²) in [5, 5.41) is 12.1. The molecule has 0 saturated carbocycles. The van der Waals surface area contributed by atoms with E-state index in [0.717, 1.165) is 12.6 Å². The highest BCUT2D eigenvalue weighted by molar-refractivity contribution is 5.94. The van der Waals surface area contributed by atoms with E-state index in [9.17, 15) is 9.18 Å². The molecule has 0 bridgehead atoms. The topological polar surface area (TPSA) is 52.6 Å². The predicted molar refractivity (Wildman–Crippen MR) is 78.8 cm³/mol. The Balaban J connectivity index is 2.68. The standard InChI is InChI=1S/C15H23FN2O2/c1-10(2)18(11(3)4)8-7-17-14-6-5-12(16)9-13(14)15(19)20/h5-6,9-11,17H,7-8H2,1-4H3,(H,19,20). The molecule has 112 valence electrons. The fourth-order valence-corrected chi connectivity index (χ4v) is 2.28. The lowest BCUT2D eigenvalue weighted by Gasteiger charge is -2.30. The van der Waals surface area contributed by atoms with E-state index >= 15 is 0 Å². The molecule has 0 aliphatic carbocycles. The molecule has 1 rings (SSSR count). The van der Waals surface area contributed by atoms with E-state index in [4.69, 9.17) is 5.11 Å². The SMILES string of the molecule is CC(C)N(CCNc1ccc(F)cc1C(=O)O)C(C)C. The van der Waals surface area contributed by atoms with Gasteiger partial charge in [0.2, 0.25) is 0 Å². The van der Waals surface area contributed by atoms with Gasteiger partial charge in [0.15, 0.2) is 0 Å². The molecule has 0 aliphatic heterocycles. The third-order valence-electron chi connectivity index (χ3n) is 3.22. The molecule has 1 aromatic carbocycles. The maximum Gasteiger partial charge on any atom is 0.337 e. The van der Waals surface area contributed by atoms with Crippen molar-refractivity contribution in [1.29, 1.82) is 0 Å². The van der Waals surface area contributed by atoms with E-state index in [2.05, 4.69) is 37.9 Å². The molecule has 0 fully saturated rings. The van der Waals surface area contributed by atoms with Gasteiger partial charge in [0, 0.05) is 30.9 Å². The summed E-state index contributed by atoms with van der Waals surface area (Å²) in [6.45, 7) is 9.91. The number of nitrogens with one attached hydrogen (secondary N) is 1. The zero-order chi connectivity index (χ0) is 15.3. The molecule has 0 aliphatic rings. The molecule has 5 heteroatoms. The number of rotatable bonds is 7. The second kappa shape index (κ2) is 7.24. The summed E-state index contributed by atoms with van der Waals surface area (Å²) >= 11 is 0. The van der Waals surface area contributed by atoms with Gasteiger partial charge >= 0.3 is 5.97 Å². The second-order valence-electron chi connectivity index (χ2n) is 5.35. The maximum atomic E-state index is 13.1. The molecule has 0 amide bonds. The average Bonchev–Trinajstić information content (AvgIpc) is 2.34. The molecule has 0 spiro atoms. The fourth-order valence-electron chi connectivity index (χ4n) is 2.28. The van der Waals surface area contributed by atoms with Crippen LogP contribution in [0.4, 0.5) is 10.1 Å². The third kappa shape index (κ3) is 4.49. The number of carbonyl (C=O) groups is 1. The van der Waals surface area contributed by atoms with Gasteiger partial charge in [-0.3, -0.25) is 4.90 Å². The first-order valence-electron chi connectivity index (χ1n) is 6.85. The van der Waals surface area contributed by atoms with Crippen molar-refractivity contribution in [2.24, 2.45) is 0 Å². The molecule has 0 unspecified atom stereocenters. The van der Waals surface area contributed by atoms with Crippen LogP contribution in [0.1, 0.15) is 38.1 Å². The normalized spacial score (nSPS) is 11.4. The molecule has 0 atom stereocenters. The van der Waals surface area contributed by atoms with Crippen molar-refractivity contribution in [1.82, 2.24) is 4.90 Å². The number of nitrogens with zero attached hydrogens (tertiary/aromatic N) is 1. The lowest BCUT2D eigenvalue weighted by Crippen LogP contribution is -2.40. The smallest absolute Gasteiger partial charge is 0.337 e. The first kappa shape index (κ1) is 16.4. The summed E-state index contributed by atoms with van der Waals surface area (Å²) in [5.41, 5.74) is 0.414. The van der Waals surface area contributed by atoms with E-state index in [1.807, 2.05) is 0 Å². The summed E-state index contributed by atoms with van der Waals surface area (Å²) in [7, 11) is 0. The Morgan fingerprint density at radius 1 is 1.30 bits per heavy atom. The van der Waals surface area contributed by atoms with Crippen molar-refractivity contribution < 1.29 is 14.3 Å². The van der Waals surface area contributed by atoms with Crippen LogP contribution in [0.5, 0.6) is 0 Å². The Morgan fingerprint density at radius 3 is 2.40 bits per heavy atom. The quantitative estimate of drug-likeness (QED) is 0.807. The van der Waals surface area contributed by atoms with Gasteiger partial charge in [-0.25, -0.2) is 9.18 Å². The fraction of sp³-hybridized carbons (Fsp3) is 0.533. The van der Waals surface area contributed by atoms with E-state index in [-0.39, 0.29) is 5.56 Å². The van der Waals surface area contributed by atoms with Gasteiger partial charge in [-0.15, -0.1) is 0 Å². The lowest BCUT2D eigenvalue weighted by molar-refractivity contribution is 0.0697. The van der Waals surface area contributed by atoms with Crippen LogP contribution in [0, 0.1) is 5.82 Å². The van der Waals surface area contributed by atoms with Crippen LogP contribution >= 0.6 is 0 Å². The molecular weight excluding hydrogens is 259 g/mol. The molecule has 2 N–H and O–H groups in total. The highest BCUT2D eigenvalue weighted by Crippen LogP contribution is 2.17. The average molecular weight is 282 g/mol. The Labute approximate surface area is 119 Å². The van der Waals surface area contributed by atoms with Crippen LogP contribution in [0.15, 0.2) is 18.2 Å². The Kier molecular flexibility index (Phi) is 5.95. The molecule has 0 heterocycles. The van der Waals surface area contributed by atoms with Gasteiger partial charge in [0.25, 0.3) is 0 Å². The van der Waals surface area contributed by atoms with Crippen molar-refractivity contribution in [3.8, 4) is 0 Å². The number of hydrogen-bond acceptors (Lipinski definition) is 3. The first-order valence-corrected chi connectivity index (χ1v) is 6.85. The van der Waals surface area contributed by atoms with Gasteiger partial charge in [-0.2, -0.15) is 0 Å². The summed E-state index contributed by atoms with van der Waals surface area (Å²) in [5.74, 6) is -1.67. The largest absolute Gasteiger partial charge is 0.478 e. The minimum Gasteiger partial charge on any atom is -0.478 e.